The minimum absolute atomic E-state index is 0.106. The smallest absolute Gasteiger partial charge is 0.462 e. The van der Waals surface area contributed by atoms with E-state index in [0.717, 1.165) is 102 Å². The normalized spacial score (nSPS) is 14.2. The third-order valence-electron chi connectivity index (χ3n) is 14.8. The van der Waals surface area contributed by atoms with E-state index in [4.69, 9.17) is 37.0 Å². The van der Waals surface area contributed by atoms with Crippen molar-refractivity contribution >= 4 is 39.5 Å². The molecule has 0 aromatic heterocycles. The Balaban J connectivity index is 5.21. The molecule has 3 N–H and O–H groups in total. The fraction of sp³-hybridized carbons (Fsp3) is 0.938. The molecule has 0 rings (SSSR count). The highest BCUT2D eigenvalue weighted by Crippen LogP contribution is 2.45. The van der Waals surface area contributed by atoms with E-state index in [-0.39, 0.29) is 25.7 Å². The van der Waals surface area contributed by atoms with Crippen LogP contribution in [0.5, 0.6) is 0 Å². The Bertz CT molecular complexity index is 1620. The molecule has 0 aromatic rings. The lowest BCUT2D eigenvalue weighted by atomic mass is 10.0. The third kappa shape index (κ3) is 58.8. The maximum absolute atomic E-state index is 13.0. The van der Waals surface area contributed by atoms with Crippen molar-refractivity contribution in [2.24, 2.45) is 5.92 Å². The van der Waals surface area contributed by atoms with Gasteiger partial charge in [0.2, 0.25) is 0 Å². The van der Waals surface area contributed by atoms with E-state index < -0.39 is 97.5 Å². The molecular weight excluding hydrogens is 1100 g/mol. The van der Waals surface area contributed by atoms with Gasteiger partial charge in [0.25, 0.3) is 0 Å². The van der Waals surface area contributed by atoms with Crippen LogP contribution in [0.4, 0.5) is 0 Å². The van der Waals surface area contributed by atoms with Crippen LogP contribution in [-0.2, 0) is 65.4 Å². The number of hydrogen-bond acceptors (Lipinski definition) is 15. The molecule has 0 radical (unpaired) electrons. The molecule has 492 valence electrons. The summed E-state index contributed by atoms with van der Waals surface area (Å²) < 4.78 is 67.9. The first kappa shape index (κ1) is 81.1. The molecular formula is C64H124O17P2. The summed E-state index contributed by atoms with van der Waals surface area (Å²) in [5, 5.41) is 10.5. The SMILES string of the molecule is CCCCCCCCCCCCC(=O)OC[C@H](COP(=O)(O)OC[C@@H](O)COP(=O)(O)OC[C@@H](COC(=O)CCCCCCCCCC)OC(=O)CCCCCCCCCCCC)OC(=O)CCCCCCCCCCCCCCC(C)C. The number of esters is 4. The number of unbranched alkanes of at least 4 members (excludes halogenated alkanes) is 36. The number of aliphatic hydroxyl groups is 1. The van der Waals surface area contributed by atoms with E-state index in [9.17, 15) is 43.2 Å². The van der Waals surface area contributed by atoms with Crippen molar-refractivity contribution in [3.8, 4) is 0 Å². The van der Waals surface area contributed by atoms with Gasteiger partial charge >= 0.3 is 39.5 Å². The van der Waals surface area contributed by atoms with Crippen LogP contribution in [0.1, 0.15) is 324 Å². The molecule has 83 heavy (non-hydrogen) atoms. The van der Waals surface area contributed by atoms with Crippen LogP contribution in [0.15, 0.2) is 0 Å². The topological polar surface area (TPSA) is 237 Å². The highest BCUT2D eigenvalue weighted by atomic mass is 31.2. The highest BCUT2D eigenvalue weighted by Gasteiger charge is 2.30. The molecule has 0 aliphatic carbocycles. The second kappa shape index (κ2) is 57.8. The molecule has 0 saturated heterocycles. The van der Waals surface area contributed by atoms with Crippen molar-refractivity contribution in [1.29, 1.82) is 0 Å². The lowest BCUT2D eigenvalue weighted by molar-refractivity contribution is -0.161. The Kier molecular flexibility index (Phi) is 56.4. The van der Waals surface area contributed by atoms with Gasteiger partial charge < -0.3 is 33.8 Å². The van der Waals surface area contributed by atoms with Gasteiger partial charge in [-0.25, -0.2) is 9.13 Å². The average molecular weight is 1230 g/mol. The largest absolute Gasteiger partial charge is 0.472 e. The number of carbonyl (C=O) groups excluding carboxylic acids is 4. The third-order valence-corrected chi connectivity index (χ3v) is 16.7. The fourth-order valence-electron chi connectivity index (χ4n) is 9.58. The zero-order valence-electron chi connectivity index (χ0n) is 53.3. The van der Waals surface area contributed by atoms with Gasteiger partial charge in [-0.2, -0.15) is 0 Å². The quantitative estimate of drug-likeness (QED) is 0.0222. The molecule has 19 heteroatoms. The van der Waals surface area contributed by atoms with E-state index >= 15 is 0 Å². The van der Waals surface area contributed by atoms with Gasteiger partial charge in [0.1, 0.15) is 19.3 Å². The van der Waals surface area contributed by atoms with Crippen LogP contribution in [-0.4, -0.2) is 96.7 Å². The van der Waals surface area contributed by atoms with Gasteiger partial charge in [-0.3, -0.25) is 37.3 Å². The molecule has 2 unspecified atom stereocenters. The molecule has 0 fully saturated rings. The van der Waals surface area contributed by atoms with Crippen molar-refractivity contribution in [3.05, 3.63) is 0 Å². The molecule has 17 nitrogen and oxygen atoms in total. The first-order valence-electron chi connectivity index (χ1n) is 33.6. The van der Waals surface area contributed by atoms with Crippen molar-refractivity contribution in [3.63, 3.8) is 0 Å². The summed E-state index contributed by atoms with van der Waals surface area (Å²) in [5.41, 5.74) is 0. The van der Waals surface area contributed by atoms with Gasteiger partial charge in [0.15, 0.2) is 12.2 Å². The zero-order chi connectivity index (χ0) is 61.3. The number of aliphatic hydroxyl groups excluding tert-OH is 1. The standard InChI is InChI=1S/C64H124O17P2/c1-6-9-12-15-18-21-28-33-38-43-48-62(67)75-54-60(81-64(69)50-45-40-35-30-26-24-23-25-27-31-36-41-46-57(4)5)56-79-83(72,73)77-52-58(65)51-76-82(70,71)78-55-59(53-74-61(66)47-42-37-32-20-17-14-11-8-3)80-63(68)49-44-39-34-29-22-19-16-13-10-7-2/h57-60,65H,6-56H2,1-5H3,(H,70,71)(H,72,73)/t58-,59+,60+/m0/s1. The number of rotatable bonds is 64. The molecule has 0 saturated carbocycles. The van der Waals surface area contributed by atoms with Crippen molar-refractivity contribution in [2.45, 2.75) is 342 Å². The summed E-state index contributed by atoms with van der Waals surface area (Å²) >= 11 is 0. The van der Waals surface area contributed by atoms with E-state index in [2.05, 4.69) is 34.6 Å². The van der Waals surface area contributed by atoms with Crippen LogP contribution >= 0.6 is 15.6 Å². The Morgan fingerprint density at radius 1 is 0.325 bits per heavy atom. The van der Waals surface area contributed by atoms with Gasteiger partial charge in [0.05, 0.1) is 26.4 Å². The molecule has 0 aliphatic heterocycles. The maximum atomic E-state index is 13.0. The first-order valence-corrected chi connectivity index (χ1v) is 36.6. The number of phosphoric acid groups is 2. The van der Waals surface area contributed by atoms with Gasteiger partial charge in [-0.15, -0.1) is 0 Å². The maximum Gasteiger partial charge on any atom is 0.472 e. The highest BCUT2D eigenvalue weighted by molar-refractivity contribution is 7.47. The minimum atomic E-state index is -4.94. The number of hydrogen-bond donors (Lipinski definition) is 3. The van der Waals surface area contributed by atoms with Crippen LogP contribution in [0.25, 0.3) is 0 Å². The number of phosphoric ester groups is 2. The van der Waals surface area contributed by atoms with Gasteiger partial charge in [-0.1, -0.05) is 272 Å². The number of carbonyl (C=O) groups is 4. The monoisotopic (exact) mass is 1230 g/mol. The molecule has 0 heterocycles. The summed E-state index contributed by atoms with van der Waals surface area (Å²) in [6.45, 7) is 7.17. The van der Waals surface area contributed by atoms with Crippen LogP contribution < -0.4 is 0 Å². The fourth-order valence-corrected chi connectivity index (χ4v) is 11.2. The van der Waals surface area contributed by atoms with E-state index in [0.29, 0.717) is 25.7 Å². The molecule has 0 bridgehead atoms. The summed E-state index contributed by atoms with van der Waals surface area (Å²) in [6, 6.07) is 0. The van der Waals surface area contributed by atoms with Crippen LogP contribution in [0.2, 0.25) is 0 Å². The van der Waals surface area contributed by atoms with Crippen molar-refractivity contribution < 1.29 is 80.2 Å². The molecule has 5 atom stereocenters. The molecule has 0 spiro atoms. The van der Waals surface area contributed by atoms with Crippen molar-refractivity contribution in [2.75, 3.05) is 39.6 Å². The second-order valence-electron chi connectivity index (χ2n) is 23.6. The zero-order valence-corrected chi connectivity index (χ0v) is 55.1. The predicted molar refractivity (Wildman–Crippen MR) is 331 cm³/mol. The van der Waals surface area contributed by atoms with Gasteiger partial charge in [-0.05, 0) is 31.6 Å². The van der Waals surface area contributed by atoms with Gasteiger partial charge in [0, 0.05) is 25.7 Å². The number of ether oxygens (including phenoxy) is 4. The van der Waals surface area contributed by atoms with Crippen LogP contribution in [0, 0.1) is 5.92 Å². The predicted octanol–water partition coefficient (Wildman–Crippen LogP) is 17.8. The summed E-state index contributed by atoms with van der Waals surface area (Å²) in [4.78, 5) is 72.1. The molecule has 0 amide bonds. The van der Waals surface area contributed by atoms with Crippen molar-refractivity contribution in [1.82, 2.24) is 0 Å². The Morgan fingerprint density at radius 2 is 0.554 bits per heavy atom. The van der Waals surface area contributed by atoms with E-state index in [1.807, 2.05) is 0 Å². The summed E-state index contributed by atoms with van der Waals surface area (Å²) in [5.74, 6) is -1.36. The van der Waals surface area contributed by atoms with E-state index in [1.165, 1.54) is 141 Å². The second-order valence-corrected chi connectivity index (χ2v) is 26.5. The minimum Gasteiger partial charge on any atom is -0.462 e. The Labute approximate surface area is 505 Å². The average Bonchev–Trinajstić information content (AvgIpc) is 3.45. The van der Waals surface area contributed by atoms with Crippen LogP contribution in [0.3, 0.4) is 0 Å². The Hall–Kier alpha value is -1.94. The summed E-state index contributed by atoms with van der Waals surface area (Å²) in [7, 11) is -9.88. The first-order chi connectivity index (χ1) is 40.0. The van der Waals surface area contributed by atoms with E-state index in [1.54, 1.807) is 0 Å². The lowest BCUT2D eigenvalue weighted by Crippen LogP contribution is -2.30. The Morgan fingerprint density at radius 3 is 0.819 bits per heavy atom. The lowest BCUT2D eigenvalue weighted by Gasteiger charge is -2.21. The molecule has 0 aliphatic rings. The molecule has 0 aromatic carbocycles. The summed E-state index contributed by atoms with van der Waals surface area (Å²) in [6.07, 6.45) is 41.6.